The van der Waals surface area contributed by atoms with Crippen molar-refractivity contribution < 1.29 is 9.84 Å². The molecule has 0 amide bonds. The molecule has 3 heteroatoms. The molecule has 1 aliphatic rings. The minimum Gasteiger partial charge on any atom is -0.396 e. The van der Waals surface area contributed by atoms with E-state index in [1.54, 1.807) is 0 Å². The largest absolute Gasteiger partial charge is 0.396 e. The van der Waals surface area contributed by atoms with Crippen LogP contribution in [-0.4, -0.2) is 36.5 Å². The van der Waals surface area contributed by atoms with Gasteiger partial charge in [-0.2, -0.15) is 0 Å². The Hall–Kier alpha value is -0.120. The molecule has 3 nitrogen and oxygen atoms in total. The summed E-state index contributed by atoms with van der Waals surface area (Å²) in [6, 6.07) is 1.05. The van der Waals surface area contributed by atoms with E-state index in [0.29, 0.717) is 18.2 Å². The SMILES string of the molecule is CCC(CCO)NC1CCOC(C)C1. The van der Waals surface area contributed by atoms with Crippen molar-refractivity contribution in [1.29, 1.82) is 0 Å². The first kappa shape index (κ1) is 12.0. The summed E-state index contributed by atoms with van der Waals surface area (Å²) in [5, 5.41) is 12.5. The lowest BCUT2D eigenvalue weighted by molar-refractivity contribution is 0.0106. The van der Waals surface area contributed by atoms with Gasteiger partial charge in [-0.1, -0.05) is 6.92 Å². The molecule has 1 heterocycles. The Labute approximate surface area is 86.8 Å². The Balaban J connectivity index is 2.26. The first-order valence-electron chi connectivity index (χ1n) is 5.74. The molecular weight excluding hydrogens is 178 g/mol. The summed E-state index contributed by atoms with van der Waals surface area (Å²) in [5.74, 6) is 0. The highest BCUT2D eigenvalue weighted by Gasteiger charge is 2.20. The van der Waals surface area contributed by atoms with Crippen LogP contribution >= 0.6 is 0 Å². The molecule has 0 spiro atoms. The predicted octanol–water partition coefficient (Wildman–Crippen LogP) is 1.30. The molecule has 1 saturated heterocycles. The van der Waals surface area contributed by atoms with Gasteiger partial charge < -0.3 is 15.2 Å². The molecule has 0 saturated carbocycles. The highest BCUT2D eigenvalue weighted by atomic mass is 16.5. The van der Waals surface area contributed by atoms with Gasteiger partial charge in [-0.3, -0.25) is 0 Å². The third-order valence-electron chi connectivity index (χ3n) is 2.93. The number of nitrogens with one attached hydrogen (secondary N) is 1. The third kappa shape index (κ3) is 3.95. The zero-order chi connectivity index (χ0) is 10.4. The molecule has 0 aromatic carbocycles. The van der Waals surface area contributed by atoms with Gasteiger partial charge in [0.1, 0.15) is 0 Å². The topological polar surface area (TPSA) is 41.5 Å². The Morgan fingerprint density at radius 1 is 1.57 bits per heavy atom. The van der Waals surface area contributed by atoms with Crippen molar-refractivity contribution in [3.8, 4) is 0 Å². The molecule has 1 rings (SSSR count). The van der Waals surface area contributed by atoms with Gasteiger partial charge in [0.25, 0.3) is 0 Å². The zero-order valence-corrected chi connectivity index (χ0v) is 9.33. The molecule has 0 bridgehead atoms. The maximum atomic E-state index is 8.88. The quantitative estimate of drug-likeness (QED) is 0.704. The van der Waals surface area contributed by atoms with Gasteiger partial charge in [-0.05, 0) is 32.6 Å². The monoisotopic (exact) mass is 201 g/mol. The van der Waals surface area contributed by atoms with Gasteiger partial charge in [0.2, 0.25) is 0 Å². The normalized spacial score (nSPS) is 30.2. The second kappa shape index (κ2) is 6.38. The Bertz CT molecular complexity index is 152. The maximum Gasteiger partial charge on any atom is 0.0561 e. The summed E-state index contributed by atoms with van der Waals surface area (Å²) in [6.07, 6.45) is 4.54. The van der Waals surface area contributed by atoms with E-state index in [1.165, 1.54) is 0 Å². The molecular formula is C11H23NO2. The van der Waals surface area contributed by atoms with E-state index < -0.39 is 0 Å². The van der Waals surface area contributed by atoms with Gasteiger partial charge in [0.15, 0.2) is 0 Å². The molecule has 0 aromatic heterocycles. The minimum atomic E-state index is 0.282. The van der Waals surface area contributed by atoms with Gasteiger partial charge in [-0.15, -0.1) is 0 Å². The van der Waals surface area contributed by atoms with Gasteiger partial charge in [0, 0.05) is 25.3 Å². The molecule has 3 atom stereocenters. The number of hydrogen-bond acceptors (Lipinski definition) is 3. The third-order valence-corrected chi connectivity index (χ3v) is 2.93. The van der Waals surface area contributed by atoms with Crippen molar-refractivity contribution in [2.24, 2.45) is 0 Å². The van der Waals surface area contributed by atoms with Crippen LogP contribution in [0.1, 0.15) is 39.5 Å². The van der Waals surface area contributed by atoms with Crippen LogP contribution in [0, 0.1) is 0 Å². The number of aliphatic hydroxyl groups is 1. The smallest absolute Gasteiger partial charge is 0.0561 e. The second-order valence-corrected chi connectivity index (χ2v) is 4.19. The van der Waals surface area contributed by atoms with Crippen molar-refractivity contribution in [2.75, 3.05) is 13.2 Å². The second-order valence-electron chi connectivity index (χ2n) is 4.19. The Morgan fingerprint density at radius 3 is 2.93 bits per heavy atom. The zero-order valence-electron chi connectivity index (χ0n) is 9.33. The summed E-state index contributed by atoms with van der Waals surface area (Å²) in [4.78, 5) is 0. The van der Waals surface area contributed by atoms with E-state index in [1.807, 2.05) is 0 Å². The fourth-order valence-electron chi connectivity index (χ4n) is 2.04. The molecule has 2 N–H and O–H groups in total. The van der Waals surface area contributed by atoms with E-state index in [4.69, 9.17) is 9.84 Å². The van der Waals surface area contributed by atoms with Crippen LogP contribution in [0.4, 0.5) is 0 Å². The lowest BCUT2D eigenvalue weighted by Gasteiger charge is -2.31. The first-order valence-corrected chi connectivity index (χ1v) is 5.74. The van der Waals surface area contributed by atoms with Gasteiger partial charge in [0.05, 0.1) is 6.10 Å². The molecule has 0 aliphatic carbocycles. The van der Waals surface area contributed by atoms with Crippen LogP contribution in [0.2, 0.25) is 0 Å². The fourth-order valence-corrected chi connectivity index (χ4v) is 2.04. The summed E-state index contributed by atoms with van der Waals surface area (Å²) in [7, 11) is 0. The van der Waals surface area contributed by atoms with Crippen molar-refractivity contribution in [2.45, 2.75) is 57.7 Å². The van der Waals surface area contributed by atoms with Crippen molar-refractivity contribution >= 4 is 0 Å². The van der Waals surface area contributed by atoms with E-state index >= 15 is 0 Å². The fraction of sp³-hybridized carbons (Fsp3) is 1.00. The highest BCUT2D eigenvalue weighted by molar-refractivity contribution is 4.78. The summed E-state index contributed by atoms with van der Waals surface area (Å²) < 4.78 is 5.49. The van der Waals surface area contributed by atoms with Gasteiger partial charge in [-0.25, -0.2) is 0 Å². The average molecular weight is 201 g/mol. The van der Waals surface area contributed by atoms with Crippen molar-refractivity contribution in [1.82, 2.24) is 5.32 Å². The van der Waals surface area contributed by atoms with E-state index in [9.17, 15) is 0 Å². The Morgan fingerprint density at radius 2 is 2.36 bits per heavy atom. The first-order chi connectivity index (χ1) is 6.76. The van der Waals surface area contributed by atoms with Crippen LogP contribution in [0.25, 0.3) is 0 Å². The van der Waals surface area contributed by atoms with Gasteiger partial charge >= 0.3 is 0 Å². The number of hydrogen-bond donors (Lipinski definition) is 2. The van der Waals surface area contributed by atoms with Crippen LogP contribution in [0.15, 0.2) is 0 Å². The highest BCUT2D eigenvalue weighted by Crippen LogP contribution is 2.14. The van der Waals surface area contributed by atoms with Crippen LogP contribution in [0.3, 0.4) is 0 Å². The lowest BCUT2D eigenvalue weighted by atomic mass is 10.0. The number of rotatable bonds is 5. The van der Waals surface area contributed by atoms with E-state index in [-0.39, 0.29) is 6.61 Å². The van der Waals surface area contributed by atoms with Crippen molar-refractivity contribution in [3.05, 3.63) is 0 Å². The van der Waals surface area contributed by atoms with E-state index in [2.05, 4.69) is 19.2 Å². The molecule has 1 aliphatic heterocycles. The van der Waals surface area contributed by atoms with Crippen LogP contribution in [0.5, 0.6) is 0 Å². The number of ether oxygens (including phenoxy) is 1. The standard InChI is InChI=1S/C11H23NO2/c1-3-10(4-6-13)12-11-5-7-14-9(2)8-11/h9-13H,3-8H2,1-2H3. The Kier molecular flexibility index (Phi) is 5.45. The van der Waals surface area contributed by atoms with Crippen LogP contribution in [-0.2, 0) is 4.74 Å². The average Bonchev–Trinajstić information content (AvgIpc) is 2.17. The molecule has 0 aromatic rings. The van der Waals surface area contributed by atoms with Crippen LogP contribution < -0.4 is 5.32 Å². The maximum absolute atomic E-state index is 8.88. The molecule has 14 heavy (non-hydrogen) atoms. The molecule has 84 valence electrons. The minimum absolute atomic E-state index is 0.282. The van der Waals surface area contributed by atoms with E-state index in [0.717, 1.165) is 32.3 Å². The predicted molar refractivity (Wildman–Crippen MR) is 57.4 cm³/mol. The summed E-state index contributed by atoms with van der Waals surface area (Å²) in [5.41, 5.74) is 0. The summed E-state index contributed by atoms with van der Waals surface area (Å²) in [6.45, 7) is 5.44. The molecule has 1 fully saturated rings. The molecule has 3 unspecified atom stereocenters. The molecule has 0 radical (unpaired) electrons. The number of aliphatic hydroxyl groups excluding tert-OH is 1. The van der Waals surface area contributed by atoms with Crippen molar-refractivity contribution in [3.63, 3.8) is 0 Å². The lowest BCUT2D eigenvalue weighted by Crippen LogP contribution is -2.43. The summed E-state index contributed by atoms with van der Waals surface area (Å²) >= 11 is 0.